The van der Waals surface area contributed by atoms with Crippen molar-refractivity contribution in [1.29, 1.82) is 0 Å². The van der Waals surface area contributed by atoms with Gasteiger partial charge in [-0.05, 0) is 28.8 Å². The predicted molar refractivity (Wildman–Crippen MR) is 62.6 cm³/mol. The molecule has 1 fully saturated rings. The Hall–Kier alpha value is -1.34. The van der Waals surface area contributed by atoms with Gasteiger partial charge in [0.05, 0.1) is 17.4 Å². The number of alkyl halides is 2. The van der Waals surface area contributed by atoms with Crippen molar-refractivity contribution in [3.8, 4) is 0 Å². The Morgan fingerprint density at radius 1 is 1.42 bits per heavy atom. The van der Waals surface area contributed by atoms with Gasteiger partial charge >= 0.3 is 5.97 Å². The van der Waals surface area contributed by atoms with Gasteiger partial charge in [-0.3, -0.25) is 4.21 Å². The van der Waals surface area contributed by atoms with Crippen LogP contribution in [0.5, 0.6) is 0 Å². The Labute approximate surface area is 111 Å². The summed E-state index contributed by atoms with van der Waals surface area (Å²) in [6.45, 7) is 0. The third kappa shape index (κ3) is 2.40. The van der Waals surface area contributed by atoms with Crippen molar-refractivity contribution in [3.05, 3.63) is 35.4 Å². The van der Waals surface area contributed by atoms with Crippen LogP contribution in [0.1, 0.15) is 28.8 Å². The molecule has 0 radical (unpaired) electrons. The fraction of sp³-hybridized carbons (Fsp3) is 0.417. The quantitative estimate of drug-likeness (QED) is 0.630. The van der Waals surface area contributed by atoms with Gasteiger partial charge < -0.3 is 9.29 Å². The summed E-state index contributed by atoms with van der Waals surface area (Å²) in [7, 11) is 1.19. The zero-order valence-corrected chi connectivity index (χ0v) is 10.8. The summed E-state index contributed by atoms with van der Waals surface area (Å²) in [5.74, 6) is -3.62. The van der Waals surface area contributed by atoms with E-state index < -0.39 is 40.6 Å². The molecule has 1 atom stereocenters. The minimum atomic E-state index is -2.98. The van der Waals surface area contributed by atoms with Crippen molar-refractivity contribution in [2.24, 2.45) is 0 Å². The number of esters is 1. The second-order valence-corrected chi connectivity index (χ2v) is 5.76. The number of hydrogen-bond donors (Lipinski definition) is 0. The average molecular weight is 289 g/mol. The van der Waals surface area contributed by atoms with Crippen LogP contribution in [0.15, 0.2) is 24.3 Å². The summed E-state index contributed by atoms with van der Waals surface area (Å²) in [6.07, 6.45) is -1.53. The minimum absolute atomic E-state index is 0.139. The Morgan fingerprint density at radius 2 is 2.05 bits per heavy atom. The van der Waals surface area contributed by atoms with Crippen molar-refractivity contribution >= 4 is 17.0 Å². The lowest BCUT2D eigenvalue weighted by Gasteiger charge is -2.48. The monoisotopic (exact) mass is 289 g/mol. The molecule has 1 saturated carbocycles. The van der Waals surface area contributed by atoms with E-state index in [-0.39, 0.29) is 11.1 Å². The second-order valence-electron chi connectivity index (χ2n) is 4.51. The number of halogens is 2. The molecule has 1 aromatic carbocycles. The Balaban J connectivity index is 2.40. The Bertz CT molecular complexity index is 536. The number of benzene rings is 1. The Morgan fingerprint density at radius 3 is 2.53 bits per heavy atom. The van der Waals surface area contributed by atoms with Crippen LogP contribution in [0.2, 0.25) is 0 Å². The fourth-order valence-electron chi connectivity index (χ4n) is 2.25. The van der Waals surface area contributed by atoms with E-state index in [0.29, 0.717) is 0 Å². The van der Waals surface area contributed by atoms with Gasteiger partial charge in [0.2, 0.25) is 0 Å². The SMILES string of the molecule is COC(=O)c1cccc(C2(S(=O)[O-])CC(F)(F)C2)c1. The molecule has 0 aliphatic heterocycles. The van der Waals surface area contributed by atoms with E-state index in [2.05, 4.69) is 4.74 Å². The van der Waals surface area contributed by atoms with E-state index in [4.69, 9.17) is 0 Å². The number of ether oxygens (including phenoxy) is 1. The highest BCUT2D eigenvalue weighted by Gasteiger charge is 2.58. The van der Waals surface area contributed by atoms with Gasteiger partial charge in [-0.15, -0.1) is 0 Å². The summed E-state index contributed by atoms with van der Waals surface area (Å²) in [5.41, 5.74) is 0.328. The van der Waals surface area contributed by atoms with Crippen LogP contribution in [0.4, 0.5) is 8.78 Å². The maximum absolute atomic E-state index is 13.0. The third-order valence-corrected chi connectivity index (χ3v) is 4.38. The minimum Gasteiger partial charge on any atom is -0.772 e. The van der Waals surface area contributed by atoms with E-state index >= 15 is 0 Å². The number of hydrogen-bond acceptors (Lipinski definition) is 4. The number of methoxy groups -OCH3 is 1. The molecule has 1 aliphatic rings. The standard InChI is InChI=1S/C12H12F2O4S/c1-18-10(15)8-3-2-4-9(5-8)11(19(16)17)6-12(13,14)7-11/h2-5H,6-7H2,1H3,(H,16,17)/p-1. The summed E-state index contributed by atoms with van der Waals surface area (Å²) in [5, 5.41) is 0. The average Bonchev–Trinajstić information content (AvgIpc) is 2.34. The molecular formula is C12H11F2O4S-. The van der Waals surface area contributed by atoms with Crippen molar-refractivity contribution in [1.82, 2.24) is 0 Å². The normalized spacial score (nSPS) is 21.3. The van der Waals surface area contributed by atoms with E-state index in [9.17, 15) is 22.3 Å². The van der Waals surface area contributed by atoms with Gasteiger partial charge in [-0.25, -0.2) is 13.6 Å². The van der Waals surface area contributed by atoms with Crippen LogP contribution >= 0.6 is 0 Å². The van der Waals surface area contributed by atoms with Crippen LogP contribution in [0.25, 0.3) is 0 Å². The lowest BCUT2D eigenvalue weighted by molar-refractivity contribution is -0.101. The van der Waals surface area contributed by atoms with Gasteiger partial charge in [0.25, 0.3) is 5.92 Å². The molecular weight excluding hydrogens is 278 g/mol. The lowest BCUT2D eigenvalue weighted by Crippen LogP contribution is -2.52. The molecule has 2 rings (SSSR count). The van der Waals surface area contributed by atoms with Crippen LogP contribution in [0, 0.1) is 0 Å². The van der Waals surface area contributed by atoms with Crippen LogP contribution in [0.3, 0.4) is 0 Å². The molecule has 0 amide bonds. The second kappa shape index (κ2) is 4.64. The number of carbonyl (C=O) groups is 1. The third-order valence-electron chi connectivity index (χ3n) is 3.22. The van der Waals surface area contributed by atoms with Gasteiger partial charge in [0.15, 0.2) is 0 Å². The van der Waals surface area contributed by atoms with Crippen LogP contribution in [-0.2, 0) is 20.6 Å². The van der Waals surface area contributed by atoms with Crippen molar-refractivity contribution in [2.45, 2.75) is 23.5 Å². The predicted octanol–water partition coefficient (Wildman–Crippen LogP) is 1.98. The van der Waals surface area contributed by atoms with E-state index in [0.717, 1.165) is 0 Å². The molecule has 1 aromatic rings. The summed E-state index contributed by atoms with van der Waals surface area (Å²) < 4.78 is 51.6. The number of carbonyl (C=O) groups excluding carboxylic acids is 1. The first kappa shape index (κ1) is 14.1. The van der Waals surface area contributed by atoms with Crippen molar-refractivity contribution in [2.75, 3.05) is 7.11 Å². The molecule has 0 saturated heterocycles. The first-order chi connectivity index (χ1) is 8.81. The summed E-state index contributed by atoms with van der Waals surface area (Å²) in [4.78, 5) is 11.4. The lowest BCUT2D eigenvalue weighted by atomic mass is 9.75. The summed E-state index contributed by atoms with van der Waals surface area (Å²) >= 11 is -2.69. The first-order valence-corrected chi connectivity index (χ1v) is 6.54. The molecule has 0 spiro atoms. The maximum Gasteiger partial charge on any atom is 0.337 e. The van der Waals surface area contributed by atoms with Crippen LogP contribution in [-0.4, -0.2) is 27.8 Å². The molecule has 0 bridgehead atoms. The van der Waals surface area contributed by atoms with Gasteiger partial charge in [0.1, 0.15) is 0 Å². The van der Waals surface area contributed by atoms with Gasteiger partial charge in [0, 0.05) is 12.8 Å². The molecule has 104 valence electrons. The highest BCUT2D eigenvalue weighted by Crippen LogP contribution is 2.55. The largest absolute Gasteiger partial charge is 0.772 e. The highest BCUT2D eigenvalue weighted by molar-refractivity contribution is 7.80. The Kier molecular flexibility index (Phi) is 3.44. The van der Waals surface area contributed by atoms with Crippen LogP contribution < -0.4 is 0 Å². The molecule has 0 aromatic heterocycles. The van der Waals surface area contributed by atoms with E-state index in [1.165, 1.54) is 31.4 Å². The number of rotatable bonds is 3. The topological polar surface area (TPSA) is 66.4 Å². The summed E-state index contributed by atoms with van der Waals surface area (Å²) in [6, 6.07) is 5.61. The molecule has 4 nitrogen and oxygen atoms in total. The molecule has 1 aliphatic carbocycles. The smallest absolute Gasteiger partial charge is 0.337 e. The van der Waals surface area contributed by atoms with Gasteiger partial charge in [-0.1, -0.05) is 12.1 Å². The van der Waals surface area contributed by atoms with E-state index in [1.54, 1.807) is 0 Å². The van der Waals surface area contributed by atoms with Gasteiger partial charge in [-0.2, -0.15) is 0 Å². The molecule has 7 heteroatoms. The molecule has 1 unspecified atom stereocenters. The fourth-order valence-corrected chi connectivity index (χ4v) is 3.23. The zero-order valence-electron chi connectivity index (χ0n) is 10.0. The van der Waals surface area contributed by atoms with E-state index in [1.807, 2.05) is 0 Å². The maximum atomic E-state index is 13.0. The zero-order chi connectivity index (χ0) is 14.3. The first-order valence-electron chi connectivity index (χ1n) is 5.47. The van der Waals surface area contributed by atoms with Crippen molar-refractivity contribution < 1.29 is 27.1 Å². The van der Waals surface area contributed by atoms with Crippen molar-refractivity contribution in [3.63, 3.8) is 0 Å². The molecule has 0 heterocycles. The molecule has 0 N–H and O–H groups in total. The highest BCUT2D eigenvalue weighted by atomic mass is 32.2. The molecule has 19 heavy (non-hydrogen) atoms.